The average Bonchev–Trinajstić information content (AvgIpc) is 2.37. The van der Waals surface area contributed by atoms with E-state index in [1.807, 2.05) is 13.0 Å². The number of anilines is 1. The molecule has 0 atom stereocenters. The van der Waals surface area contributed by atoms with Crippen LogP contribution in [0.1, 0.15) is 12.1 Å². The summed E-state index contributed by atoms with van der Waals surface area (Å²) in [5.41, 5.74) is 6.40. The first-order chi connectivity index (χ1) is 5.33. The van der Waals surface area contributed by atoms with E-state index in [1.165, 1.54) is 0 Å². The van der Waals surface area contributed by atoms with Crippen molar-refractivity contribution >= 4 is 5.82 Å². The zero-order chi connectivity index (χ0) is 8.10. The number of aromatic nitrogens is 2. The molecule has 0 spiro atoms. The number of aromatic amines is 1. The molecule has 1 rings (SSSR count). The van der Waals surface area contributed by atoms with Crippen LogP contribution in [-0.4, -0.2) is 23.3 Å². The van der Waals surface area contributed by atoms with Crippen LogP contribution < -0.4 is 11.1 Å². The number of nitrogens with two attached hydrogens (primary N) is 1. The highest BCUT2D eigenvalue weighted by atomic mass is 15.2. The van der Waals surface area contributed by atoms with Gasteiger partial charge in [0, 0.05) is 18.3 Å². The molecule has 1 aromatic rings. The Balaban J connectivity index is 2.27. The zero-order valence-electron chi connectivity index (χ0n) is 6.72. The summed E-state index contributed by atoms with van der Waals surface area (Å²) >= 11 is 0. The fraction of sp³-hybridized carbons (Fsp3) is 0.571. The first-order valence-electron chi connectivity index (χ1n) is 3.79. The van der Waals surface area contributed by atoms with Gasteiger partial charge in [-0.3, -0.25) is 5.10 Å². The average molecular weight is 154 g/mol. The highest BCUT2D eigenvalue weighted by molar-refractivity contribution is 5.34. The number of hydrogen-bond acceptors (Lipinski definition) is 3. The number of nitrogens with zero attached hydrogens (tertiary/aromatic N) is 1. The van der Waals surface area contributed by atoms with E-state index < -0.39 is 0 Å². The minimum absolute atomic E-state index is 0.719. The first kappa shape index (κ1) is 8.07. The van der Waals surface area contributed by atoms with Crippen LogP contribution in [0.5, 0.6) is 0 Å². The fourth-order valence-electron chi connectivity index (χ4n) is 0.827. The summed E-state index contributed by atoms with van der Waals surface area (Å²) in [5, 5.41) is 10.0. The van der Waals surface area contributed by atoms with Crippen molar-refractivity contribution in [2.45, 2.75) is 13.3 Å². The lowest BCUT2D eigenvalue weighted by molar-refractivity contribution is 0.868. The van der Waals surface area contributed by atoms with Crippen molar-refractivity contribution in [3.63, 3.8) is 0 Å². The predicted octanol–water partition coefficient (Wildman–Crippen LogP) is 0.479. The second kappa shape index (κ2) is 3.98. The van der Waals surface area contributed by atoms with E-state index in [0.29, 0.717) is 0 Å². The van der Waals surface area contributed by atoms with Gasteiger partial charge in [-0.1, -0.05) is 0 Å². The SMILES string of the molecule is Cc1cc(NCCCN)n[nH]1. The summed E-state index contributed by atoms with van der Waals surface area (Å²) in [4.78, 5) is 0. The largest absolute Gasteiger partial charge is 0.369 e. The molecule has 0 saturated carbocycles. The molecule has 62 valence electrons. The first-order valence-corrected chi connectivity index (χ1v) is 3.79. The second-order valence-corrected chi connectivity index (χ2v) is 2.51. The normalized spacial score (nSPS) is 10.0. The summed E-state index contributed by atoms with van der Waals surface area (Å²) in [6.07, 6.45) is 0.978. The van der Waals surface area contributed by atoms with Crippen molar-refractivity contribution in [3.8, 4) is 0 Å². The van der Waals surface area contributed by atoms with Crippen molar-refractivity contribution < 1.29 is 0 Å². The van der Waals surface area contributed by atoms with Crippen LogP contribution in [0.4, 0.5) is 5.82 Å². The monoisotopic (exact) mass is 154 g/mol. The van der Waals surface area contributed by atoms with Gasteiger partial charge < -0.3 is 11.1 Å². The molecule has 4 nitrogen and oxygen atoms in total. The van der Waals surface area contributed by atoms with Crippen LogP contribution in [0, 0.1) is 6.92 Å². The van der Waals surface area contributed by atoms with Gasteiger partial charge in [0.25, 0.3) is 0 Å². The summed E-state index contributed by atoms with van der Waals surface area (Å²) in [6.45, 7) is 3.58. The van der Waals surface area contributed by atoms with Gasteiger partial charge >= 0.3 is 0 Å². The molecule has 0 radical (unpaired) electrons. The molecule has 1 aromatic heterocycles. The van der Waals surface area contributed by atoms with Crippen LogP contribution in [0.2, 0.25) is 0 Å². The fourth-order valence-corrected chi connectivity index (χ4v) is 0.827. The molecule has 11 heavy (non-hydrogen) atoms. The molecule has 0 aliphatic heterocycles. The van der Waals surface area contributed by atoms with E-state index in [2.05, 4.69) is 15.5 Å². The van der Waals surface area contributed by atoms with Crippen molar-refractivity contribution in [1.29, 1.82) is 0 Å². The van der Waals surface area contributed by atoms with Crippen molar-refractivity contribution in [3.05, 3.63) is 11.8 Å². The Morgan fingerprint density at radius 1 is 1.73 bits per heavy atom. The van der Waals surface area contributed by atoms with E-state index in [4.69, 9.17) is 5.73 Å². The Kier molecular flexibility index (Phi) is 2.92. The van der Waals surface area contributed by atoms with Gasteiger partial charge in [-0.2, -0.15) is 5.10 Å². The lowest BCUT2D eigenvalue weighted by atomic mass is 10.4. The summed E-state index contributed by atoms with van der Waals surface area (Å²) in [6, 6.07) is 1.97. The van der Waals surface area contributed by atoms with Crippen LogP contribution in [0.15, 0.2) is 6.07 Å². The Labute approximate surface area is 66.2 Å². The van der Waals surface area contributed by atoms with Crippen LogP contribution in [0.3, 0.4) is 0 Å². The maximum Gasteiger partial charge on any atom is 0.148 e. The van der Waals surface area contributed by atoms with E-state index in [0.717, 1.165) is 31.0 Å². The number of rotatable bonds is 4. The van der Waals surface area contributed by atoms with Gasteiger partial charge in [0.2, 0.25) is 0 Å². The molecule has 0 aromatic carbocycles. The standard InChI is InChI=1S/C7H14N4/c1-6-5-7(11-10-6)9-4-2-3-8/h5H,2-4,8H2,1H3,(H2,9,10,11). The smallest absolute Gasteiger partial charge is 0.148 e. The molecule has 0 saturated heterocycles. The number of hydrogen-bond donors (Lipinski definition) is 3. The number of nitrogens with one attached hydrogen (secondary N) is 2. The van der Waals surface area contributed by atoms with Gasteiger partial charge in [0.15, 0.2) is 0 Å². The quantitative estimate of drug-likeness (QED) is 0.552. The molecule has 4 heteroatoms. The minimum atomic E-state index is 0.719. The second-order valence-electron chi connectivity index (χ2n) is 2.51. The summed E-state index contributed by atoms with van der Waals surface area (Å²) in [5.74, 6) is 0.899. The summed E-state index contributed by atoms with van der Waals surface area (Å²) in [7, 11) is 0. The van der Waals surface area contributed by atoms with Crippen LogP contribution >= 0.6 is 0 Å². The van der Waals surface area contributed by atoms with Gasteiger partial charge in [-0.05, 0) is 19.9 Å². The highest BCUT2D eigenvalue weighted by Crippen LogP contribution is 2.02. The van der Waals surface area contributed by atoms with Gasteiger partial charge in [-0.25, -0.2) is 0 Å². The Hall–Kier alpha value is -1.03. The van der Waals surface area contributed by atoms with Gasteiger partial charge in [0.1, 0.15) is 5.82 Å². The van der Waals surface area contributed by atoms with E-state index in [-0.39, 0.29) is 0 Å². The Morgan fingerprint density at radius 3 is 3.09 bits per heavy atom. The van der Waals surface area contributed by atoms with Gasteiger partial charge in [0.05, 0.1) is 0 Å². The lowest BCUT2D eigenvalue weighted by Gasteiger charge is -1.98. The third-order valence-electron chi connectivity index (χ3n) is 1.39. The van der Waals surface area contributed by atoms with Crippen molar-refractivity contribution in [2.24, 2.45) is 5.73 Å². The van der Waals surface area contributed by atoms with E-state index >= 15 is 0 Å². The highest BCUT2D eigenvalue weighted by Gasteiger charge is 1.93. The van der Waals surface area contributed by atoms with Crippen molar-refractivity contribution in [2.75, 3.05) is 18.4 Å². The molecule has 0 bridgehead atoms. The van der Waals surface area contributed by atoms with Gasteiger partial charge in [-0.15, -0.1) is 0 Å². The predicted molar refractivity (Wildman–Crippen MR) is 45.5 cm³/mol. The van der Waals surface area contributed by atoms with E-state index in [9.17, 15) is 0 Å². The molecule has 0 amide bonds. The summed E-state index contributed by atoms with van der Waals surface area (Å²) < 4.78 is 0. The molecule has 0 fully saturated rings. The molecule has 4 N–H and O–H groups in total. The Bertz CT molecular complexity index is 206. The molecule has 0 unspecified atom stereocenters. The van der Waals surface area contributed by atoms with Crippen LogP contribution in [0.25, 0.3) is 0 Å². The molecular formula is C7H14N4. The molecule has 0 aliphatic rings. The lowest BCUT2D eigenvalue weighted by Crippen LogP contribution is -2.08. The van der Waals surface area contributed by atoms with E-state index in [1.54, 1.807) is 0 Å². The topological polar surface area (TPSA) is 66.7 Å². The maximum atomic E-state index is 5.33. The van der Waals surface area contributed by atoms with Crippen molar-refractivity contribution in [1.82, 2.24) is 10.2 Å². The number of H-pyrrole nitrogens is 1. The number of aryl methyl sites for hydroxylation is 1. The third-order valence-corrected chi connectivity index (χ3v) is 1.39. The molecule has 1 heterocycles. The third kappa shape index (κ3) is 2.59. The minimum Gasteiger partial charge on any atom is -0.369 e. The molecule has 0 aliphatic carbocycles. The Morgan fingerprint density at radius 2 is 2.55 bits per heavy atom. The van der Waals surface area contributed by atoms with Crippen LogP contribution in [-0.2, 0) is 0 Å². The maximum absolute atomic E-state index is 5.33. The molecular weight excluding hydrogens is 140 g/mol. The zero-order valence-corrected chi connectivity index (χ0v) is 6.72.